The fraction of sp³-hybridized carbons (Fsp3) is 1.00. The predicted molar refractivity (Wildman–Crippen MR) is 72.2 cm³/mol. The number of nitrogens with one attached hydrogen (secondary N) is 1. The summed E-state index contributed by atoms with van der Waals surface area (Å²) >= 11 is 0. The molecule has 0 bridgehead atoms. The Bertz CT molecular complexity index is 195. The molecule has 17 heavy (non-hydrogen) atoms. The molecule has 2 rings (SSSR count). The van der Waals surface area contributed by atoms with Gasteiger partial charge < -0.3 is 10.1 Å². The van der Waals surface area contributed by atoms with Crippen LogP contribution in [0.15, 0.2) is 0 Å². The van der Waals surface area contributed by atoms with Crippen LogP contribution in [0.2, 0.25) is 0 Å². The van der Waals surface area contributed by atoms with Crippen LogP contribution in [0.1, 0.15) is 64.7 Å². The highest BCUT2D eigenvalue weighted by Gasteiger charge is 2.22. The van der Waals surface area contributed by atoms with Gasteiger partial charge in [-0.2, -0.15) is 0 Å². The molecule has 2 heteroatoms. The van der Waals surface area contributed by atoms with Crippen LogP contribution in [-0.4, -0.2) is 25.3 Å². The van der Waals surface area contributed by atoms with Crippen LogP contribution in [0.4, 0.5) is 0 Å². The summed E-state index contributed by atoms with van der Waals surface area (Å²) in [6.07, 6.45) is 13.0. The molecule has 2 nitrogen and oxygen atoms in total. The van der Waals surface area contributed by atoms with Crippen LogP contribution in [0, 0.1) is 5.92 Å². The molecule has 2 aliphatic rings. The van der Waals surface area contributed by atoms with E-state index in [1.54, 1.807) is 0 Å². The van der Waals surface area contributed by atoms with Crippen molar-refractivity contribution in [1.82, 2.24) is 5.32 Å². The van der Waals surface area contributed by atoms with Gasteiger partial charge in [-0.25, -0.2) is 0 Å². The fourth-order valence-electron chi connectivity index (χ4n) is 3.50. The van der Waals surface area contributed by atoms with E-state index < -0.39 is 0 Å². The van der Waals surface area contributed by atoms with Gasteiger partial charge in [-0.3, -0.25) is 0 Å². The third kappa shape index (κ3) is 4.59. The van der Waals surface area contributed by atoms with Gasteiger partial charge in [-0.05, 0) is 44.6 Å². The second-order valence-electron chi connectivity index (χ2n) is 5.85. The number of ether oxygens (including phenoxy) is 1. The van der Waals surface area contributed by atoms with Crippen molar-refractivity contribution in [3.05, 3.63) is 0 Å². The molecule has 0 radical (unpaired) electrons. The van der Waals surface area contributed by atoms with Crippen molar-refractivity contribution < 1.29 is 4.74 Å². The summed E-state index contributed by atoms with van der Waals surface area (Å²) in [5, 5.41) is 3.68. The third-order valence-corrected chi connectivity index (χ3v) is 4.45. The van der Waals surface area contributed by atoms with Gasteiger partial charge in [-0.15, -0.1) is 0 Å². The summed E-state index contributed by atoms with van der Waals surface area (Å²) in [6, 6.07) is 0.743. The van der Waals surface area contributed by atoms with E-state index in [0.717, 1.165) is 25.1 Å². The van der Waals surface area contributed by atoms with Crippen LogP contribution in [0.25, 0.3) is 0 Å². The van der Waals surface area contributed by atoms with Crippen LogP contribution in [0.5, 0.6) is 0 Å². The topological polar surface area (TPSA) is 21.3 Å². The molecular formula is C15H29NO. The minimum Gasteiger partial charge on any atom is -0.378 e. The monoisotopic (exact) mass is 239 g/mol. The lowest BCUT2D eigenvalue weighted by molar-refractivity contribution is 0.0986. The summed E-state index contributed by atoms with van der Waals surface area (Å²) in [5.41, 5.74) is 0. The molecular weight excluding hydrogens is 210 g/mol. The van der Waals surface area contributed by atoms with Gasteiger partial charge >= 0.3 is 0 Å². The maximum atomic E-state index is 5.72. The minimum absolute atomic E-state index is 0.569. The van der Waals surface area contributed by atoms with Crippen molar-refractivity contribution in [2.24, 2.45) is 5.92 Å². The molecule has 1 aliphatic carbocycles. The first-order valence-electron chi connectivity index (χ1n) is 7.73. The summed E-state index contributed by atoms with van der Waals surface area (Å²) in [4.78, 5) is 0. The molecule has 0 aromatic rings. The smallest absolute Gasteiger partial charge is 0.0576 e. The molecule has 0 amide bonds. The lowest BCUT2D eigenvalue weighted by Gasteiger charge is -2.22. The van der Waals surface area contributed by atoms with Crippen molar-refractivity contribution in [2.75, 3.05) is 13.2 Å². The summed E-state index contributed by atoms with van der Waals surface area (Å²) < 4.78 is 5.72. The first-order chi connectivity index (χ1) is 8.38. The zero-order chi connectivity index (χ0) is 11.9. The SMILES string of the molecule is CCNC(CCC1CCCO1)CC1CCCC1. The number of rotatable bonds is 7. The maximum absolute atomic E-state index is 5.72. The first kappa shape index (κ1) is 13.4. The highest BCUT2D eigenvalue weighted by molar-refractivity contribution is 4.77. The van der Waals surface area contributed by atoms with E-state index in [1.165, 1.54) is 57.8 Å². The standard InChI is InChI=1S/C15H29NO/c1-2-16-14(12-13-6-3-4-7-13)9-10-15-8-5-11-17-15/h13-16H,2-12H2,1H3. The van der Waals surface area contributed by atoms with Crippen molar-refractivity contribution in [2.45, 2.75) is 76.9 Å². The summed E-state index contributed by atoms with van der Waals surface area (Å²) in [5.74, 6) is 1.00. The van der Waals surface area contributed by atoms with Crippen molar-refractivity contribution in [3.63, 3.8) is 0 Å². The van der Waals surface area contributed by atoms with Crippen molar-refractivity contribution in [3.8, 4) is 0 Å². The van der Waals surface area contributed by atoms with Gasteiger partial charge in [0.05, 0.1) is 6.10 Å². The second-order valence-corrected chi connectivity index (χ2v) is 5.85. The molecule has 0 aromatic carbocycles. The minimum atomic E-state index is 0.569. The normalized spacial score (nSPS) is 27.7. The molecule has 0 spiro atoms. The Hall–Kier alpha value is -0.0800. The average molecular weight is 239 g/mol. The van der Waals surface area contributed by atoms with E-state index in [-0.39, 0.29) is 0 Å². The predicted octanol–water partition coefficient (Wildman–Crippen LogP) is 3.50. The van der Waals surface area contributed by atoms with Gasteiger partial charge in [0.2, 0.25) is 0 Å². The van der Waals surface area contributed by atoms with Crippen LogP contribution >= 0.6 is 0 Å². The van der Waals surface area contributed by atoms with Gasteiger partial charge in [0.15, 0.2) is 0 Å². The average Bonchev–Trinajstić information content (AvgIpc) is 2.99. The molecule has 2 fully saturated rings. The molecule has 100 valence electrons. The van der Waals surface area contributed by atoms with Gasteiger partial charge in [-0.1, -0.05) is 32.6 Å². The third-order valence-electron chi connectivity index (χ3n) is 4.45. The van der Waals surface area contributed by atoms with E-state index in [9.17, 15) is 0 Å². The van der Waals surface area contributed by atoms with Gasteiger partial charge in [0.1, 0.15) is 0 Å². The lowest BCUT2D eigenvalue weighted by atomic mass is 9.94. The van der Waals surface area contributed by atoms with E-state index in [4.69, 9.17) is 4.74 Å². The molecule has 1 aliphatic heterocycles. The Labute approximate surface area is 107 Å². The Morgan fingerprint density at radius 2 is 2.00 bits per heavy atom. The summed E-state index contributed by atoms with van der Waals surface area (Å²) in [7, 11) is 0. The summed E-state index contributed by atoms with van der Waals surface area (Å²) in [6.45, 7) is 4.34. The zero-order valence-electron chi connectivity index (χ0n) is 11.4. The first-order valence-corrected chi connectivity index (χ1v) is 7.73. The van der Waals surface area contributed by atoms with E-state index in [2.05, 4.69) is 12.2 Å². The molecule has 1 saturated carbocycles. The Balaban J connectivity index is 1.67. The highest BCUT2D eigenvalue weighted by Crippen LogP contribution is 2.30. The quantitative estimate of drug-likeness (QED) is 0.734. The van der Waals surface area contributed by atoms with Crippen molar-refractivity contribution >= 4 is 0 Å². The van der Waals surface area contributed by atoms with Gasteiger partial charge in [0.25, 0.3) is 0 Å². The van der Waals surface area contributed by atoms with E-state index in [1.807, 2.05) is 0 Å². The number of hydrogen-bond acceptors (Lipinski definition) is 2. The number of hydrogen-bond donors (Lipinski definition) is 1. The second kappa shape index (κ2) is 7.38. The Morgan fingerprint density at radius 3 is 2.65 bits per heavy atom. The Morgan fingerprint density at radius 1 is 1.18 bits per heavy atom. The Kier molecular flexibility index (Phi) is 5.79. The lowest BCUT2D eigenvalue weighted by Crippen LogP contribution is -2.31. The highest BCUT2D eigenvalue weighted by atomic mass is 16.5. The fourth-order valence-corrected chi connectivity index (χ4v) is 3.50. The van der Waals surface area contributed by atoms with Crippen LogP contribution in [0.3, 0.4) is 0 Å². The largest absolute Gasteiger partial charge is 0.378 e. The van der Waals surface area contributed by atoms with Crippen LogP contribution < -0.4 is 5.32 Å². The van der Waals surface area contributed by atoms with Gasteiger partial charge in [0, 0.05) is 12.6 Å². The maximum Gasteiger partial charge on any atom is 0.0576 e. The molecule has 1 heterocycles. The zero-order valence-corrected chi connectivity index (χ0v) is 11.4. The van der Waals surface area contributed by atoms with E-state index in [0.29, 0.717) is 6.10 Å². The molecule has 2 unspecified atom stereocenters. The van der Waals surface area contributed by atoms with E-state index >= 15 is 0 Å². The molecule has 0 aromatic heterocycles. The van der Waals surface area contributed by atoms with Crippen molar-refractivity contribution in [1.29, 1.82) is 0 Å². The molecule has 2 atom stereocenters. The van der Waals surface area contributed by atoms with Crippen LogP contribution in [-0.2, 0) is 4.74 Å². The molecule has 1 saturated heterocycles. The molecule has 1 N–H and O–H groups in total.